The van der Waals surface area contributed by atoms with Crippen LogP contribution in [0.5, 0.6) is 5.75 Å². The molecule has 0 bridgehead atoms. The van der Waals surface area contributed by atoms with Crippen LogP contribution in [0.3, 0.4) is 0 Å². The summed E-state index contributed by atoms with van der Waals surface area (Å²) in [6.07, 6.45) is 4.09. The van der Waals surface area contributed by atoms with Crippen LogP contribution in [0.25, 0.3) is 0 Å². The van der Waals surface area contributed by atoms with Crippen molar-refractivity contribution in [2.45, 2.75) is 31.8 Å². The van der Waals surface area contributed by atoms with Crippen LogP contribution in [-0.4, -0.2) is 6.29 Å². The predicted octanol–water partition coefficient (Wildman–Crippen LogP) is 3.88. The van der Waals surface area contributed by atoms with Gasteiger partial charge in [-0.15, -0.1) is 0 Å². The molecule has 1 aliphatic rings. The summed E-state index contributed by atoms with van der Waals surface area (Å²) in [5, 5.41) is 0. The lowest BCUT2D eigenvalue weighted by Crippen LogP contribution is -2.12. The molecule has 0 saturated carbocycles. The lowest BCUT2D eigenvalue weighted by atomic mass is 9.83. The lowest BCUT2D eigenvalue weighted by Gasteiger charge is -2.23. The zero-order valence-corrected chi connectivity index (χ0v) is 11.4. The molecule has 0 aliphatic heterocycles. The van der Waals surface area contributed by atoms with Gasteiger partial charge in [0.2, 0.25) is 0 Å². The van der Waals surface area contributed by atoms with E-state index in [2.05, 4.69) is 18.2 Å². The minimum absolute atomic E-state index is 0.0408. The number of carbonyl (C=O) groups is 1. The molecule has 2 aromatic carbocycles. The van der Waals surface area contributed by atoms with E-state index in [1.807, 2.05) is 30.3 Å². The quantitative estimate of drug-likeness (QED) is 0.785. The summed E-state index contributed by atoms with van der Waals surface area (Å²) < 4.78 is 5.97. The number of aldehydes is 1. The summed E-state index contributed by atoms with van der Waals surface area (Å²) in [6, 6.07) is 16.2. The largest absolute Gasteiger partial charge is 0.489 e. The van der Waals surface area contributed by atoms with Gasteiger partial charge in [-0.25, -0.2) is 0 Å². The average molecular weight is 266 g/mol. The van der Waals surface area contributed by atoms with Crippen molar-refractivity contribution >= 4 is 6.29 Å². The number of hydrogen-bond acceptors (Lipinski definition) is 2. The molecule has 0 spiro atoms. The first-order chi connectivity index (χ1) is 9.88. The number of fused-ring (bicyclic) bond motifs is 1. The number of rotatable bonds is 4. The van der Waals surface area contributed by atoms with E-state index >= 15 is 0 Å². The maximum absolute atomic E-state index is 11.2. The summed E-state index contributed by atoms with van der Waals surface area (Å²) >= 11 is 0. The van der Waals surface area contributed by atoms with E-state index < -0.39 is 0 Å². The van der Waals surface area contributed by atoms with Gasteiger partial charge >= 0.3 is 0 Å². The fraction of sp³-hybridized carbons (Fsp3) is 0.278. The molecule has 0 fully saturated rings. The molecule has 0 radical (unpaired) electrons. The van der Waals surface area contributed by atoms with E-state index in [0.717, 1.165) is 42.4 Å². The van der Waals surface area contributed by atoms with Crippen LogP contribution in [0.4, 0.5) is 0 Å². The van der Waals surface area contributed by atoms with E-state index in [9.17, 15) is 4.79 Å². The van der Waals surface area contributed by atoms with Gasteiger partial charge in [0.05, 0.1) is 0 Å². The highest BCUT2D eigenvalue weighted by Gasteiger charge is 2.22. The highest BCUT2D eigenvalue weighted by molar-refractivity contribution is 5.65. The first kappa shape index (κ1) is 12.9. The molecular formula is C18H18O2. The molecular weight excluding hydrogens is 248 g/mol. The van der Waals surface area contributed by atoms with Crippen molar-refractivity contribution in [3.8, 4) is 5.75 Å². The van der Waals surface area contributed by atoms with Gasteiger partial charge in [-0.2, -0.15) is 0 Å². The topological polar surface area (TPSA) is 26.3 Å². The Balaban J connectivity index is 1.82. The summed E-state index contributed by atoms with van der Waals surface area (Å²) in [6.45, 7) is 0.572. The van der Waals surface area contributed by atoms with Crippen LogP contribution in [-0.2, 0) is 17.8 Å². The van der Waals surface area contributed by atoms with E-state index in [1.54, 1.807) is 0 Å². The molecule has 102 valence electrons. The van der Waals surface area contributed by atoms with Crippen molar-refractivity contribution in [1.82, 2.24) is 0 Å². The minimum atomic E-state index is 0.0408. The van der Waals surface area contributed by atoms with Gasteiger partial charge in [0, 0.05) is 5.92 Å². The number of carbonyl (C=O) groups excluding carboxylic acids is 1. The summed E-state index contributed by atoms with van der Waals surface area (Å²) in [4.78, 5) is 11.2. The van der Waals surface area contributed by atoms with Gasteiger partial charge in [0.15, 0.2) is 0 Å². The normalized spacial score (nSPS) is 17.3. The highest BCUT2D eigenvalue weighted by Crippen LogP contribution is 2.35. The minimum Gasteiger partial charge on any atom is -0.489 e. The average Bonchev–Trinajstić information content (AvgIpc) is 2.53. The molecule has 0 aromatic heterocycles. The second kappa shape index (κ2) is 5.91. The second-order valence-corrected chi connectivity index (χ2v) is 5.23. The molecule has 0 N–H and O–H groups in total. The summed E-state index contributed by atoms with van der Waals surface area (Å²) in [5.74, 6) is 0.969. The summed E-state index contributed by atoms with van der Waals surface area (Å²) in [7, 11) is 0. The standard InChI is InChI=1S/C18H18O2/c19-12-15-8-4-10-17-16(15)9-5-11-18(17)20-13-14-6-2-1-3-7-14/h1-3,5-7,9,11-12,15H,4,8,10,13H2. The van der Waals surface area contributed by atoms with Gasteiger partial charge < -0.3 is 9.53 Å². The van der Waals surface area contributed by atoms with E-state index in [0.29, 0.717) is 6.61 Å². The summed E-state index contributed by atoms with van der Waals surface area (Å²) in [5.41, 5.74) is 3.52. The smallest absolute Gasteiger partial charge is 0.127 e. The molecule has 1 aliphatic carbocycles. The van der Waals surface area contributed by atoms with Crippen molar-refractivity contribution in [2.75, 3.05) is 0 Å². The Hall–Kier alpha value is -2.09. The second-order valence-electron chi connectivity index (χ2n) is 5.23. The van der Waals surface area contributed by atoms with Crippen molar-refractivity contribution < 1.29 is 9.53 Å². The third-order valence-electron chi connectivity index (χ3n) is 3.91. The molecule has 20 heavy (non-hydrogen) atoms. The molecule has 0 heterocycles. The van der Waals surface area contributed by atoms with Crippen LogP contribution in [0.15, 0.2) is 48.5 Å². The van der Waals surface area contributed by atoms with Gasteiger partial charge in [-0.05, 0) is 42.0 Å². The highest BCUT2D eigenvalue weighted by atomic mass is 16.5. The first-order valence-electron chi connectivity index (χ1n) is 7.12. The Morgan fingerprint density at radius 1 is 1.10 bits per heavy atom. The fourth-order valence-electron chi connectivity index (χ4n) is 2.86. The Kier molecular flexibility index (Phi) is 3.82. The number of benzene rings is 2. The van der Waals surface area contributed by atoms with Crippen LogP contribution >= 0.6 is 0 Å². The number of hydrogen-bond donors (Lipinski definition) is 0. The van der Waals surface area contributed by atoms with Crippen LogP contribution in [0, 0.1) is 0 Å². The fourth-order valence-corrected chi connectivity index (χ4v) is 2.86. The molecule has 2 heteroatoms. The SMILES string of the molecule is O=CC1CCCc2c(OCc3ccccc3)cccc21. The van der Waals surface area contributed by atoms with Gasteiger partial charge in [0.25, 0.3) is 0 Å². The molecule has 1 atom stereocenters. The molecule has 0 saturated heterocycles. The molecule has 0 amide bonds. The Morgan fingerprint density at radius 3 is 2.75 bits per heavy atom. The van der Waals surface area contributed by atoms with Crippen molar-refractivity contribution in [2.24, 2.45) is 0 Å². The van der Waals surface area contributed by atoms with E-state index in [1.165, 1.54) is 5.56 Å². The zero-order valence-electron chi connectivity index (χ0n) is 11.4. The van der Waals surface area contributed by atoms with Crippen molar-refractivity contribution in [3.63, 3.8) is 0 Å². The van der Waals surface area contributed by atoms with Gasteiger partial charge in [0.1, 0.15) is 18.6 Å². The monoisotopic (exact) mass is 266 g/mol. The van der Waals surface area contributed by atoms with Gasteiger partial charge in [-0.3, -0.25) is 0 Å². The van der Waals surface area contributed by atoms with E-state index in [-0.39, 0.29) is 5.92 Å². The molecule has 2 nitrogen and oxygen atoms in total. The van der Waals surface area contributed by atoms with Gasteiger partial charge in [-0.1, -0.05) is 42.5 Å². The Bertz CT molecular complexity index is 590. The lowest BCUT2D eigenvalue weighted by molar-refractivity contribution is -0.109. The molecule has 2 aromatic rings. The van der Waals surface area contributed by atoms with Crippen LogP contribution in [0.1, 0.15) is 35.4 Å². The van der Waals surface area contributed by atoms with Crippen molar-refractivity contribution in [1.29, 1.82) is 0 Å². The first-order valence-corrected chi connectivity index (χ1v) is 7.12. The molecule has 3 rings (SSSR count). The third-order valence-corrected chi connectivity index (χ3v) is 3.91. The number of ether oxygens (including phenoxy) is 1. The van der Waals surface area contributed by atoms with E-state index in [4.69, 9.17) is 4.74 Å². The van der Waals surface area contributed by atoms with Crippen LogP contribution < -0.4 is 4.74 Å². The predicted molar refractivity (Wildman–Crippen MR) is 79.0 cm³/mol. The maximum Gasteiger partial charge on any atom is 0.127 e. The molecule has 1 unspecified atom stereocenters. The Labute approximate surface area is 119 Å². The zero-order chi connectivity index (χ0) is 13.8. The maximum atomic E-state index is 11.2. The Morgan fingerprint density at radius 2 is 1.95 bits per heavy atom. The third kappa shape index (κ3) is 2.60. The van der Waals surface area contributed by atoms with Crippen molar-refractivity contribution in [3.05, 3.63) is 65.2 Å². The van der Waals surface area contributed by atoms with Crippen LogP contribution in [0.2, 0.25) is 0 Å².